The van der Waals surface area contributed by atoms with Gasteiger partial charge in [0, 0.05) is 37.1 Å². The van der Waals surface area contributed by atoms with Gasteiger partial charge in [-0.15, -0.1) is 0 Å². The third-order valence-electron chi connectivity index (χ3n) is 5.36. The van der Waals surface area contributed by atoms with E-state index < -0.39 is 6.04 Å². The molecule has 0 spiro atoms. The van der Waals surface area contributed by atoms with Gasteiger partial charge in [0.25, 0.3) is 5.91 Å². The van der Waals surface area contributed by atoms with Gasteiger partial charge in [-0.05, 0) is 17.2 Å². The van der Waals surface area contributed by atoms with E-state index in [4.69, 9.17) is 0 Å². The van der Waals surface area contributed by atoms with Gasteiger partial charge in [-0.3, -0.25) is 9.59 Å². The van der Waals surface area contributed by atoms with Crippen molar-refractivity contribution >= 4 is 22.7 Å². The predicted molar refractivity (Wildman–Crippen MR) is 123 cm³/mol. The van der Waals surface area contributed by atoms with Crippen LogP contribution in [0.15, 0.2) is 91.1 Å². The average Bonchev–Trinajstić information content (AvgIpc) is 3.24. The lowest BCUT2D eigenvalue weighted by Gasteiger charge is -2.25. The molecule has 156 valence electrons. The number of carbonyl (C=O) groups is 2. The molecule has 0 fully saturated rings. The summed E-state index contributed by atoms with van der Waals surface area (Å²) < 4.78 is 0. The van der Waals surface area contributed by atoms with Crippen molar-refractivity contribution in [1.82, 2.24) is 15.2 Å². The number of aromatic nitrogens is 1. The maximum atomic E-state index is 13.3. The quantitative estimate of drug-likeness (QED) is 0.479. The summed E-state index contributed by atoms with van der Waals surface area (Å²) in [6.45, 7) is 0.480. The minimum atomic E-state index is -0.669. The van der Waals surface area contributed by atoms with Crippen LogP contribution in [0.1, 0.15) is 21.5 Å². The van der Waals surface area contributed by atoms with Crippen molar-refractivity contribution < 1.29 is 9.59 Å². The van der Waals surface area contributed by atoms with Crippen molar-refractivity contribution in [2.75, 3.05) is 7.05 Å². The number of nitrogens with one attached hydrogen (secondary N) is 2. The Morgan fingerprint density at radius 2 is 1.48 bits per heavy atom. The summed E-state index contributed by atoms with van der Waals surface area (Å²) in [7, 11) is 1.77. The summed E-state index contributed by atoms with van der Waals surface area (Å²) in [5.74, 6) is -0.388. The number of rotatable bonds is 7. The van der Waals surface area contributed by atoms with Crippen LogP contribution in [0.4, 0.5) is 0 Å². The number of amides is 2. The van der Waals surface area contributed by atoms with Gasteiger partial charge < -0.3 is 15.2 Å². The minimum absolute atomic E-state index is 0.124. The van der Waals surface area contributed by atoms with Crippen molar-refractivity contribution in [3.63, 3.8) is 0 Å². The van der Waals surface area contributed by atoms with Gasteiger partial charge in [-0.2, -0.15) is 0 Å². The number of benzene rings is 3. The van der Waals surface area contributed by atoms with Gasteiger partial charge in [0.2, 0.25) is 5.91 Å². The molecule has 0 radical (unpaired) electrons. The van der Waals surface area contributed by atoms with Crippen LogP contribution >= 0.6 is 0 Å². The van der Waals surface area contributed by atoms with Crippen LogP contribution in [0.3, 0.4) is 0 Å². The van der Waals surface area contributed by atoms with Gasteiger partial charge in [0.1, 0.15) is 6.04 Å². The van der Waals surface area contributed by atoms with Gasteiger partial charge in [0.15, 0.2) is 0 Å². The van der Waals surface area contributed by atoms with E-state index in [0.29, 0.717) is 18.5 Å². The van der Waals surface area contributed by atoms with Gasteiger partial charge in [-0.25, -0.2) is 0 Å². The second-order valence-electron chi connectivity index (χ2n) is 7.64. The molecule has 5 nitrogen and oxygen atoms in total. The first-order chi connectivity index (χ1) is 15.1. The molecule has 1 atom stereocenters. The highest BCUT2D eigenvalue weighted by atomic mass is 16.2. The monoisotopic (exact) mass is 411 g/mol. The zero-order valence-electron chi connectivity index (χ0n) is 17.4. The maximum absolute atomic E-state index is 13.3. The molecule has 4 rings (SSSR count). The van der Waals surface area contributed by atoms with E-state index in [-0.39, 0.29) is 11.8 Å². The first-order valence-electron chi connectivity index (χ1n) is 10.3. The fraction of sp³-hybridized carbons (Fsp3) is 0.154. The minimum Gasteiger partial charge on any atom is -0.360 e. The number of para-hydroxylation sites is 1. The topological polar surface area (TPSA) is 65.2 Å². The Balaban J connectivity index is 1.56. The Morgan fingerprint density at radius 3 is 2.19 bits per heavy atom. The van der Waals surface area contributed by atoms with Crippen LogP contribution in [0.5, 0.6) is 0 Å². The molecular weight excluding hydrogens is 386 g/mol. The predicted octanol–water partition coefficient (Wildman–Crippen LogP) is 4.17. The summed E-state index contributed by atoms with van der Waals surface area (Å²) in [6.07, 6.45) is 2.12. The molecule has 4 aromatic rings. The normalized spacial score (nSPS) is 11.8. The van der Waals surface area contributed by atoms with Crippen molar-refractivity contribution in [3.05, 3.63) is 108 Å². The van der Waals surface area contributed by atoms with E-state index in [2.05, 4.69) is 10.3 Å². The smallest absolute Gasteiger partial charge is 0.254 e. The van der Waals surface area contributed by atoms with Gasteiger partial charge >= 0.3 is 0 Å². The molecule has 0 aliphatic heterocycles. The molecule has 0 aliphatic rings. The molecule has 1 heterocycles. The molecule has 0 unspecified atom stereocenters. The van der Waals surface area contributed by atoms with Crippen LogP contribution in [-0.2, 0) is 17.8 Å². The number of hydrogen-bond donors (Lipinski definition) is 2. The second kappa shape index (κ2) is 9.30. The molecule has 3 aromatic carbocycles. The van der Waals surface area contributed by atoms with Gasteiger partial charge in [0.05, 0.1) is 5.56 Å². The summed E-state index contributed by atoms with van der Waals surface area (Å²) in [4.78, 5) is 31.2. The van der Waals surface area contributed by atoms with Gasteiger partial charge in [-0.1, -0.05) is 78.9 Å². The zero-order valence-corrected chi connectivity index (χ0v) is 17.4. The molecular formula is C26H25N3O2. The van der Waals surface area contributed by atoms with Crippen molar-refractivity contribution in [3.8, 4) is 0 Å². The molecule has 1 aromatic heterocycles. The lowest BCUT2D eigenvalue weighted by atomic mass is 10.0. The summed E-state index contributed by atoms with van der Waals surface area (Å²) >= 11 is 0. The number of aromatic amines is 1. The van der Waals surface area contributed by atoms with E-state index >= 15 is 0 Å². The van der Waals surface area contributed by atoms with E-state index in [0.717, 1.165) is 22.0 Å². The Kier molecular flexibility index (Phi) is 6.13. The van der Waals surface area contributed by atoms with Crippen LogP contribution in [0, 0.1) is 0 Å². The lowest BCUT2D eigenvalue weighted by Crippen LogP contribution is -2.48. The zero-order chi connectivity index (χ0) is 21.6. The number of H-pyrrole nitrogens is 1. The van der Waals surface area contributed by atoms with Crippen LogP contribution in [-0.4, -0.2) is 34.8 Å². The highest BCUT2D eigenvalue weighted by Gasteiger charge is 2.26. The highest BCUT2D eigenvalue weighted by Crippen LogP contribution is 2.18. The van der Waals surface area contributed by atoms with Crippen LogP contribution in [0.2, 0.25) is 0 Å². The van der Waals surface area contributed by atoms with Crippen molar-refractivity contribution in [2.45, 2.75) is 19.0 Å². The van der Waals surface area contributed by atoms with Crippen LogP contribution < -0.4 is 5.32 Å². The average molecular weight is 412 g/mol. The molecule has 0 bridgehead atoms. The second-order valence-corrected chi connectivity index (χ2v) is 7.64. The fourth-order valence-corrected chi connectivity index (χ4v) is 3.75. The number of fused-ring (bicyclic) bond motifs is 1. The Labute approximate surface area is 181 Å². The van der Waals surface area contributed by atoms with E-state index in [1.165, 1.54) is 0 Å². The Hall–Kier alpha value is -3.86. The molecule has 0 aliphatic carbocycles. The summed E-state index contributed by atoms with van der Waals surface area (Å²) in [5, 5.41) is 3.81. The van der Waals surface area contributed by atoms with E-state index in [1.807, 2.05) is 84.9 Å². The fourth-order valence-electron chi connectivity index (χ4n) is 3.75. The standard InChI is InChI=1S/C26H25N3O2/c1-29(18-20-12-6-3-7-13-20)26(31)24(16-19-10-4-2-5-11-19)28-25(30)22-17-27-23-15-9-8-14-21(22)23/h2-15,17,24,27H,16,18H2,1H3,(H,28,30)/t24-/m0/s1. The molecule has 5 heteroatoms. The first kappa shape index (κ1) is 20.4. The largest absolute Gasteiger partial charge is 0.360 e. The molecule has 2 N–H and O–H groups in total. The third kappa shape index (κ3) is 4.83. The van der Waals surface area contributed by atoms with Crippen molar-refractivity contribution in [2.24, 2.45) is 0 Å². The number of carbonyl (C=O) groups excluding carboxylic acids is 2. The lowest BCUT2D eigenvalue weighted by molar-refractivity contribution is -0.132. The van der Waals surface area contributed by atoms with E-state index in [9.17, 15) is 9.59 Å². The number of likely N-dealkylation sites (N-methyl/N-ethyl adjacent to an activating group) is 1. The number of nitrogens with zero attached hydrogens (tertiary/aromatic N) is 1. The SMILES string of the molecule is CN(Cc1ccccc1)C(=O)[C@H](Cc1ccccc1)NC(=O)c1c[nH]c2ccccc12. The molecule has 31 heavy (non-hydrogen) atoms. The highest BCUT2D eigenvalue weighted by molar-refractivity contribution is 6.07. The first-order valence-corrected chi connectivity index (χ1v) is 10.3. The molecule has 2 amide bonds. The number of hydrogen-bond acceptors (Lipinski definition) is 2. The Bertz CT molecular complexity index is 1170. The van der Waals surface area contributed by atoms with Crippen molar-refractivity contribution in [1.29, 1.82) is 0 Å². The summed E-state index contributed by atoms with van der Waals surface area (Å²) in [6, 6.07) is 26.5. The third-order valence-corrected chi connectivity index (χ3v) is 5.36. The van der Waals surface area contributed by atoms with E-state index in [1.54, 1.807) is 18.1 Å². The molecule has 0 saturated heterocycles. The molecule has 0 saturated carbocycles. The maximum Gasteiger partial charge on any atom is 0.254 e. The summed E-state index contributed by atoms with van der Waals surface area (Å²) in [5.41, 5.74) is 3.46. The Morgan fingerprint density at radius 1 is 0.871 bits per heavy atom. The van der Waals surface area contributed by atoms with Crippen LogP contribution in [0.25, 0.3) is 10.9 Å².